The van der Waals surface area contributed by atoms with Crippen LogP contribution in [0.4, 0.5) is 4.79 Å². The number of hydrogen-bond acceptors (Lipinski definition) is 5. The van der Waals surface area contributed by atoms with Gasteiger partial charge in [0, 0.05) is 44.0 Å². The fourth-order valence-corrected chi connectivity index (χ4v) is 3.91. The normalized spacial score (nSPS) is 17.8. The number of piperazine rings is 1. The van der Waals surface area contributed by atoms with Crippen molar-refractivity contribution in [1.82, 2.24) is 19.8 Å². The minimum absolute atomic E-state index is 0.217. The Labute approximate surface area is 184 Å². The number of aromatic nitrogens is 2. The lowest BCUT2D eigenvalue weighted by Gasteiger charge is -2.41. The summed E-state index contributed by atoms with van der Waals surface area (Å²) in [4.78, 5) is 25.1. The van der Waals surface area contributed by atoms with Crippen molar-refractivity contribution in [2.75, 3.05) is 19.6 Å². The van der Waals surface area contributed by atoms with E-state index in [-0.39, 0.29) is 11.4 Å². The average molecular weight is 431 g/mol. The minimum atomic E-state index is -0.473. The number of carbonyl (C=O) groups is 1. The summed E-state index contributed by atoms with van der Waals surface area (Å²) in [6.07, 6.45) is 3.57. The number of amides is 1. The summed E-state index contributed by atoms with van der Waals surface area (Å²) in [5, 5.41) is 0.249. The van der Waals surface area contributed by atoms with Gasteiger partial charge in [-0.25, -0.2) is 14.8 Å². The van der Waals surface area contributed by atoms with E-state index in [1.165, 1.54) is 5.56 Å². The van der Waals surface area contributed by atoms with Crippen molar-refractivity contribution in [2.24, 2.45) is 0 Å². The van der Waals surface area contributed by atoms with E-state index in [9.17, 15) is 4.79 Å². The highest BCUT2D eigenvalue weighted by Gasteiger charge is 2.31. The van der Waals surface area contributed by atoms with Crippen LogP contribution in [-0.4, -0.2) is 57.1 Å². The molecular weight excluding hydrogens is 400 g/mol. The van der Waals surface area contributed by atoms with Gasteiger partial charge in [0.1, 0.15) is 5.60 Å². The molecule has 1 aliphatic heterocycles. The third-order valence-electron chi connectivity index (χ3n) is 5.11. The largest absolute Gasteiger partial charge is 0.444 e. The van der Waals surface area contributed by atoms with Crippen LogP contribution in [0, 0.1) is 0 Å². The van der Waals surface area contributed by atoms with Gasteiger partial charge in [0.2, 0.25) is 5.28 Å². The zero-order chi connectivity index (χ0) is 21.7. The van der Waals surface area contributed by atoms with Crippen molar-refractivity contribution in [3.63, 3.8) is 0 Å². The predicted octanol–water partition coefficient (Wildman–Crippen LogP) is 5.02. The Morgan fingerprint density at radius 2 is 2.07 bits per heavy atom. The molecule has 0 saturated carbocycles. The van der Waals surface area contributed by atoms with Crippen molar-refractivity contribution in [2.45, 2.75) is 58.7 Å². The van der Waals surface area contributed by atoms with Gasteiger partial charge in [0.15, 0.2) is 0 Å². The molecule has 1 atom stereocenters. The Hall–Kier alpha value is -2.18. The molecule has 1 unspecified atom stereocenters. The van der Waals surface area contributed by atoms with E-state index in [1.54, 1.807) is 6.20 Å². The standard InChI is InChI=1S/C23H31ClN4O2/c1-5-7-19-16-28(22(29)30-23(2,3)4)13-12-27(19)15-17-8-6-9-18(14-17)20-10-11-25-21(24)26-20/h6,8-11,14,19H,5,7,12-13,15-16H2,1-4H3. The highest BCUT2D eigenvalue weighted by atomic mass is 35.5. The van der Waals surface area contributed by atoms with E-state index in [0.717, 1.165) is 37.2 Å². The van der Waals surface area contributed by atoms with E-state index in [2.05, 4.69) is 33.9 Å². The van der Waals surface area contributed by atoms with E-state index in [4.69, 9.17) is 16.3 Å². The maximum atomic E-state index is 12.5. The first-order valence-corrected chi connectivity index (χ1v) is 10.9. The fourth-order valence-electron chi connectivity index (χ4n) is 3.76. The monoisotopic (exact) mass is 430 g/mol. The van der Waals surface area contributed by atoms with Crippen LogP contribution in [0.25, 0.3) is 11.3 Å². The zero-order valence-corrected chi connectivity index (χ0v) is 19.0. The van der Waals surface area contributed by atoms with Gasteiger partial charge in [-0.15, -0.1) is 0 Å². The van der Waals surface area contributed by atoms with Gasteiger partial charge in [0.25, 0.3) is 0 Å². The van der Waals surface area contributed by atoms with E-state index >= 15 is 0 Å². The van der Waals surface area contributed by atoms with Crippen molar-refractivity contribution >= 4 is 17.7 Å². The molecule has 2 aromatic rings. The summed E-state index contributed by atoms with van der Waals surface area (Å²) in [5.74, 6) is 0. The van der Waals surface area contributed by atoms with Crippen LogP contribution in [0.2, 0.25) is 5.28 Å². The van der Waals surface area contributed by atoms with Crippen molar-refractivity contribution < 1.29 is 9.53 Å². The van der Waals surface area contributed by atoms with Crippen LogP contribution in [0.3, 0.4) is 0 Å². The van der Waals surface area contributed by atoms with Crippen LogP contribution in [0.5, 0.6) is 0 Å². The van der Waals surface area contributed by atoms with Gasteiger partial charge >= 0.3 is 6.09 Å². The molecule has 0 aliphatic carbocycles. The Morgan fingerprint density at radius 1 is 1.27 bits per heavy atom. The number of hydrogen-bond donors (Lipinski definition) is 0. The second kappa shape index (κ2) is 9.75. The third-order valence-corrected chi connectivity index (χ3v) is 5.29. The first-order valence-electron chi connectivity index (χ1n) is 10.5. The zero-order valence-electron chi connectivity index (χ0n) is 18.3. The molecule has 7 heteroatoms. The molecule has 1 aromatic heterocycles. The maximum absolute atomic E-state index is 12.5. The molecule has 0 N–H and O–H groups in total. The molecule has 1 amide bonds. The highest BCUT2D eigenvalue weighted by molar-refractivity contribution is 6.28. The van der Waals surface area contributed by atoms with E-state index in [0.29, 0.717) is 19.1 Å². The molecular formula is C23H31ClN4O2. The molecule has 3 rings (SSSR count). The lowest BCUT2D eigenvalue weighted by molar-refractivity contribution is 0.00120. The van der Waals surface area contributed by atoms with Gasteiger partial charge in [-0.3, -0.25) is 4.90 Å². The van der Waals surface area contributed by atoms with Crippen molar-refractivity contribution in [1.29, 1.82) is 0 Å². The summed E-state index contributed by atoms with van der Waals surface area (Å²) < 4.78 is 5.58. The summed E-state index contributed by atoms with van der Waals surface area (Å²) in [6, 6.07) is 10.5. The molecule has 30 heavy (non-hydrogen) atoms. The second-order valence-electron chi connectivity index (χ2n) is 8.75. The predicted molar refractivity (Wildman–Crippen MR) is 119 cm³/mol. The van der Waals surface area contributed by atoms with Crippen molar-refractivity contribution in [3.8, 4) is 11.3 Å². The Bertz CT molecular complexity index is 868. The summed E-state index contributed by atoms with van der Waals surface area (Å²) in [6.45, 7) is 10.9. The van der Waals surface area contributed by atoms with Crippen LogP contribution < -0.4 is 0 Å². The van der Waals surface area contributed by atoms with Gasteiger partial charge < -0.3 is 9.64 Å². The maximum Gasteiger partial charge on any atom is 0.410 e. The van der Waals surface area contributed by atoms with Crippen LogP contribution in [0.15, 0.2) is 36.5 Å². The highest BCUT2D eigenvalue weighted by Crippen LogP contribution is 2.23. The lowest BCUT2D eigenvalue weighted by atomic mass is 10.0. The number of rotatable bonds is 5. The number of carbonyl (C=O) groups excluding carboxylic acids is 1. The first kappa shape index (κ1) is 22.5. The summed E-state index contributed by atoms with van der Waals surface area (Å²) in [5.41, 5.74) is 2.58. The molecule has 0 spiro atoms. The number of benzene rings is 1. The molecule has 1 aromatic carbocycles. The Kier molecular flexibility index (Phi) is 7.32. The lowest BCUT2D eigenvalue weighted by Crippen LogP contribution is -2.55. The van der Waals surface area contributed by atoms with Gasteiger partial charge in [0.05, 0.1) is 5.69 Å². The molecule has 6 nitrogen and oxygen atoms in total. The van der Waals surface area contributed by atoms with Crippen LogP contribution in [0.1, 0.15) is 46.1 Å². The minimum Gasteiger partial charge on any atom is -0.444 e. The van der Waals surface area contributed by atoms with Crippen LogP contribution in [-0.2, 0) is 11.3 Å². The number of halogens is 1. The Balaban J connectivity index is 1.70. The summed E-state index contributed by atoms with van der Waals surface area (Å²) in [7, 11) is 0. The second-order valence-corrected chi connectivity index (χ2v) is 9.09. The van der Waals surface area contributed by atoms with Crippen molar-refractivity contribution in [3.05, 3.63) is 47.4 Å². The number of nitrogens with zero attached hydrogens (tertiary/aromatic N) is 4. The SMILES string of the molecule is CCCC1CN(C(=O)OC(C)(C)C)CCN1Cc1cccc(-c2ccnc(Cl)n2)c1. The number of ether oxygens (including phenoxy) is 1. The van der Waals surface area contributed by atoms with E-state index < -0.39 is 5.60 Å². The van der Waals surface area contributed by atoms with Gasteiger partial charge in [-0.1, -0.05) is 31.5 Å². The average Bonchev–Trinajstić information content (AvgIpc) is 2.68. The fraction of sp³-hybridized carbons (Fsp3) is 0.522. The van der Waals surface area contributed by atoms with Gasteiger partial charge in [-0.05, 0) is 56.5 Å². The molecule has 0 bridgehead atoms. The topological polar surface area (TPSA) is 58.6 Å². The molecule has 0 radical (unpaired) electrons. The van der Waals surface area contributed by atoms with Gasteiger partial charge in [-0.2, -0.15) is 0 Å². The molecule has 1 fully saturated rings. The quantitative estimate of drug-likeness (QED) is 0.623. The molecule has 162 valence electrons. The summed E-state index contributed by atoms with van der Waals surface area (Å²) >= 11 is 5.95. The van der Waals surface area contributed by atoms with Crippen LogP contribution >= 0.6 is 11.6 Å². The third kappa shape index (κ3) is 6.16. The first-order chi connectivity index (χ1) is 14.2. The Morgan fingerprint density at radius 3 is 2.77 bits per heavy atom. The molecule has 1 saturated heterocycles. The molecule has 1 aliphatic rings. The molecule has 2 heterocycles. The smallest absolute Gasteiger partial charge is 0.410 e. The van der Waals surface area contributed by atoms with E-state index in [1.807, 2.05) is 43.9 Å².